The number of likely N-dealkylation sites (N-methyl/N-ethyl adjacent to an activating group) is 1. The number of carbonyl (C=O) groups is 1. The van der Waals surface area contributed by atoms with Crippen LogP contribution in [-0.4, -0.2) is 34.7 Å². The van der Waals surface area contributed by atoms with E-state index in [0.29, 0.717) is 25.9 Å². The first-order valence-electron chi connectivity index (χ1n) is 6.47. The predicted octanol–water partition coefficient (Wildman–Crippen LogP) is 1.11. The Hall–Kier alpha value is -1.39. The quantitative estimate of drug-likeness (QED) is 0.839. The molecule has 1 aromatic carbocycles. The average Bonchev–Trinajstić information content (AvgIpc) is 2.83. The first kappa shape index (κ1) is 13.1. The molecule has 0 aromatic heterocycles. The number of benzene rings is 1. The van der Waals surface area contributed by atoms with Crippen LogP contribution in [0.2, 0.25) is 0 Å². The van der Waals surface area contributed by atoms with E-state index in [1.165, 1.54) is 0 Å². The van der Waals surface area contributed by atoms with Gasteiger partial charge in [-0.15, -0.1) is 0 Å². The Morgan fingerprint density at radius 3 is 2.67 bits per heavy atom. The van der Waals surface area contributed by atoms with Crippen molar-refractivity contribution in [2.45, 2.75) is 38.6 Å². The molecule has 1 aliphatic rings. The van der Waals surface area contributed by atoms with Gasteiger partial charge in [0.2, 0.25) is 5.91 Å². The van der Waals surface area contributed by atoms with Gasteiger partial charge >= 0.3 is 0 Å². The molecule has 2 atom stereocenters. The lowest BCUT2D eigenvalue weighted by atomic mass is 10.1. The lowest BCUT2D eigenvalue weighted by Gasteiger charge is -2.24. The maximum absolute atomic E-state index is 12.3. The molecular weight excluding hydrogens is 228 g/mol. The molecule has 0 aliphatic carbocycles. The fourth-order valence-corrected chi connectivity index (χ4v) is 2.29. The molecule has 1 aromatic rings. The molecule has 0 radical (unpaired) electrons. The molecule has 0 bridgehead atoms. The minimum absolute atomic E-state index is 0.0814. The van der Waals surface area contributed by atoms with Crippen molar-refractivity contribution in [3.05, 3.63) is 35.9 Å². The second-order valence-corrected chi connectivity index (χ2v) is 4.65. The fourth-order valence-electron chi connectivity index (χ4n) is 2.29. The summed E-state index contributed by atoms with van der Waals surface area (Å²) < 4.78 is 0. The molecule has 0 spiro atoms. The van der Waals surface area contributed by atoms with E-state index in [0.717, 1.165) is 5.56 Å². The summed E-state index contributed by atoms with van der Waals surface area (Å²) in [5.41, 5.74) is 1.13. The molecule has 1 aliphatic heterocycles. The molecule has 1 heterocycles. The number of nitrogens with zero attached hydrogens (tertiary/aromatic N) is 1. The third kappa shape index (κ3) is 3.09. The van der Waals surface area contributed by atoms with Gasteiger partial charge in [0, 0.05) is 13.1 Å². The van der Waals surface area contributed by atoms with Crippen molar-refractivity contribution in [1.82, 2.24) is 10.2 Å². The Bertz CT molecular complexity index is 394. The third-order valence-corrected chi connectivity index (χ3v) is 3.33. The molecule has 98 valence electrons. The number of nitrogens with one attached hydrogen (secondary N) is 1. The Labute approximate surface area is 108 Å². The van der Waals surface area contributed by atoms with Crippen LogP contribution in [0.25, 0.3) is 0 Å². The second kappa shape index (κ2) is 5.98. The maximum atomic E-state index is 12.3. The monoisotopic (exact) mass is 248 g/mol. The molecule has 1 fully saturated rings. The van der Waals surface area contributed by atoms with Crippen LogP contribution in [-0.2, 0) is 11.3 Å². The van der Waals surface area contributed by atoms with Crippen LogP contribution in [0.1, 0.15) is 25.3 Å². The summed E-state index contributed by atoms with van der Waals surface area (Å²) in [7, 11) is 0. The zero-order valence-corrected chi connectivity index (χ0v) is 10.7. The largest absolute Gasteiger partial charge is 0.379 e. The summed E-state index contributed by atoms with van der Waals surface area (Å²) in [4.78, 5) is 14.1. The van der Waals surface area contributed by atoms with Crippen LogP contribution >= 0.6 is 0 Å². The smallest absolute Gasteiger partial charge is 0.240 e. The highest BCUT2D eigenvalue weighted by molar-refractivity contribution is 5.82. The van der Waals surface area contributed by atoms with Gasteiger partial charge in [-0.25, -0.2) is 0 Å². The first-order chi connectivity index (χ1) is 8.70. The highest BCUT2D eigenvalue weighted by Gasteiger charge is 2.30. The van der Waals surface area contributed by atoms with E-state index in [-0.39, 0.29) is 11.9 Å². The predicted molar refractivity (Wildman–Crippen MR) is 69.7 cm³/mol. The van der Waals surface area contributed by atoms with Gasteiger partial charge in [-0.2, -0.15) is 0 Å². The van der Waals surface area contributed by atoms with E-state index in [4.69, 9.17) is 0 Å². The Kier molecular flexibility index (Phi) is 4.33. The minimum atomic E-state index is -0.533. The van der Waals surface area contributed by atoms with Crippen molar-refractivity contribution >= 4 is 5.91 Å². The van der Waals surface area contributed by atoms with Gasteiger partial charge < -0.3 is 10.0 Å². The number of hydrogen-bond acceptors (Lipinski definition) is 3. The van der Waals surface area contributed by atoms with Gasteiger partial charge in [0.05, 0.1) is 6.04 Å². The van der Waals surface area contributed by atoms with E-state index in [1.54, 1.807) is 0 Å². The van der Waals surface area contributed by atoms with Crippen molar-refractivity contribution in [2.75, 3.05) is 6.54 Å². The number of aliphatic hydroxyl groups is 1. The number of amides is 1. The van der Waals surface area contributed by atoms with Crippen LogP contribution < -0.4 is 5.32 Å². The fraction of sp³-hybridized carbons (Fsp3) is 0.500. The summed E-state index contributed by atoms with van der Waals surface area (Å²) in [6, 6.07) is 9.73. The zero-order chi connectivity index (χ0) is 13.0. The summed E-state index contributed by atoms with van der Waals surface area (Å²) in [5, 5.41) is 12.3. The van der Waals surface area contributed by atoms with Crippen molar-refractivity contribution in [3.8, 4) is 0 Å². The first-order valence-corrected chi connectivity index (χ1v) is 6.47. The SMILES string of the molecule is CCN(Cc1ccccc1)C(=O)[C@@H]1CCC(O)N1. The highest BCUT2D eigenvalue weighted by Crippen LogP contribution is 2.14. The van der Waals surface area contributed by atoms with Crippen molar-refractivity contribution in [2.24, 2.45) is 0 Å². The lowest BCUT2D eigenvalue weighted by Crippen LogP contribution is -2.44. The molecule has 1 unspecified atom stereocenters. The molecule has 4 nitrogen and oxygen atoms in total. The van der Waals surface area contributed by atoms with Crippen molar-refractivity contribution in [3.63, 3.8) is 0 Å². The number of hydrogen-bond donors (Lipinski definition) is 2. The highest BCUT2D eigenvalue weighted by atomic mass is 16.3. The standard InChI is InChI=1S/C14H20N2O2/c1-2-16(10-11-6-4-3-5-7-11)14(18)12-8-9-13(17)15-12/h3-7,12-13,15,17H,2,8-10H2,1H3/t12-,13?/m0/s1. The van der Waals surface area contributed by atoms with Gasteiger partial charge in [-0.3, -0.25) is 10.1 Å². The molecule has 1 amide bonds. The van der Waals surface area contributed by atoms with Gasteiger partial charge in [-0.05, 0) is 25.3 Å². The summed E-state index contributed by atoms with van der Waals surface area (Å²) in [6.45, 7) is 3.29. The average molecular weight is 248 g/mol. The van der Waals surface area contributed by atoms with Crippen LogP contribution in [0.4, 0.5) is 0 Å². The summed E-state index contributed by atoms with van der Waals surface area (Å²) >= 11 is 0. The summed E-state index contributed by atoms with van der Waals surface area (Å²) in [6.07, 6.45) is 0.833. The van der Waals surface area contributed by atoms with E-state index in [9.17, 15) is 9.90 Å². The Morgan fingerprint density at radius 1 is 1.39 bits per heavy atom. The third-order valence-electron chi connectivity index (χ3n) is 3.33. The Balaban J connectivity index is 1.98. The van der Waals surface area contributed by atoms with Gasteiger partial charge in [0.1, 0.15) is 6.23 Å². The van der Waals surface area contributed by atoms with Crippen LogP contribution in [0.3, 0.4) is 0 Å². The maximum Gasteiger partial charge on any atom is 0.240 e. The van der Waals surface area contributed by atoms with E-state index in [1.807, 2.05) is 42.2 Å². The Morgan fingerprint density at radius 2 is 2.11 bits per heavy atom. The number of carbonyl (C=O) groups excluding carboxylic acids is 1. The van der Waals surface area contributed by atoms with Gasteiger partial charge in [0.25, 0.3) is 0 Å². The molecular formula is C14H20N2O2. The second-order valence-electron chi connectivity index (χ2n) is 4.65. The molecule has 2 N–H and O–H groups in total. The molecule has 0 saturated carbocycles. The van der Waals surface area contributed by atoms with Gasteiger partial charge in [-0.1, -0.05) is 30.3 Å². The van der Waals surface area contributed by atoms with Crippen LogP contribution in [0.5, 0.6) is 0 Å². The lowest BCUT2D eigenvalue weighted by molar-refractivity contribution is -0.133. The summed E-state index contributed by atoms with van der Waals surface area (Å²) in [5.74, 6) is 0.0814. The van der Waals surface area contributed by atoms with Crippen molar-refractivity contribution < 1.29 is 9.90 Å². The normalized spacial score (nSPS) is 23.0. The molecule has 4 heteroatoms. The van der Waals surface area contributed by atoms with E-state index in [2.05, 4.69) is 5.32 Å². The van der Waals surface area contributed by atoms with Gasteiger partial charge in [0.15, 0.2) is 0 Å². The van der Waals surface area contributed by atoms with Crippen LogP contribution in [0, 0.1) is 0 Å². The number of rotatable bonds is 4. The molecule has 2 rings (SSSR count). The minimum Gasteiger partial charge on any atom is -0.379 e. The molecule has 18 heavy (non-hydrogen) atoms. The number of aliphatic hydroxyl groups excluding tert-OH is 1. The van der Waals surface area contributed by atoms with Crippen molar-refractivity contribution in [1.29, 1.82) is 0 Å². The van der Waals surface area contributed by atoms with E-state index < -0.39 is 6.23 Å². The molecule has 1 saturated heterocycles. The zero-order valence-electron chi connectivity index (χ0n) is 10.7. The van der Waals surface area contributed by atoms with E-state index >= 15 is 0 Å². The topological polar surface area (TPSA) is 52.6 Å². The van der Waals surface area contributed by atoms with Crippen LogP contribution in [0.15, 0.2) is 30.3 Å².